The lowest BCUT2D eigenvalue weighted by atomic mass is 10.0. The normalized spacial score (nSPS) is 10.6. The molecule has 0 saturated carbocycles. The van der Waals surface area contributed by atoms with Gasteiger partial charge in [0.2, 0.25) is 5.91 Å². The molecule has 126 valence electrons. The molecule has 0 spiro atoms. The molecular formula is C18H18N6O. The summed E-state index contributed by atoms with van der Waals surface area (Å²) in [6.45, 7) is 3.90. The second kappa shape index (κ2) is 7.09. The number of hydrogen-bond acceptors (Lipinski definition) is 5. The number of nitriles is 1. The number of amides is 1. The first-order chi connectivity index (χ1) is 12.1. The van der Waals surface area contributed by atoms with Crippen molar-refractivity contribution >= 4 is 17.2 Å². The number of fused-ring (bicyclic) bond motifs is 1. The van der Waals surface area contributed by atoms with Crippen molar-refractivity contribution in [1.29, 1.82) is 5.26 Å². The predicted octanol–water partition coefficient (Wildman–Crippen LogP) is 2.38. The molecule has 1 aromatic carbocycles. The lowest BCUT2D eigenvalue weighted by Gasteiger charge is -2.10. The van der Waals surface area contributed by atoms with Gasteiger partial charge in [0, 0.05) is 17.7 Å². The van der Waals surface area contributed by atoms with E-state index in [0.717, 1.165) is 28.1 Å². The maximum Gasteiger partial charge on any atom is 0.224 e. The molecule has 3 aromatic rings. The highest BCUT2D eigenvalue weighted by atomic mass is 16.1. The van der Waals surface area contributed by atoms with Crippen molar-refractivity contribution in [3.8, 4) is 6.07 Å². The summed E-state index contributed by atoms with van der Waals surface area (Å²) in [5, 5.41) is 23.9. The average molecular weight is 334 g/mol. The first-order valence-corrected chi connectivity index (χ1v) is 8.00. The molecule has 3 rings (SSSR count). The maximum atomic E-state index is 12.2. The Morgan fingerprint density at radius 2 is 2.04 bits per heavy atom. The Labute approximate surface area is 145 Å². The van der Waals surface area contributed by atoms with E-state index in [2.05, 4.69) is 26.7 Å². The quantitative estimate of drug-likeness (QED) is 0.773. The molecule has 0 aliphatic carbocycles. The molecule has 1 N–H and O–H groups in total. The van der Waals surface area contributed by atoms with Crippen LogP contribution in [0.25, 0.3) is 5.65 Å². The van der Waals surface area contributed by atoms with Crippen molar-refractivity contribution in [2.24, 2.45) is 0 Å². The molecule has 0 fully saturated rings. The highest BCUT2D eigenvalue weighted by molar-refractivity contribution is 5.90. The number of hydrogen-bond donors (Lipinski definition) is 1. The Hall–Kier alpha value is -3.27. The van der Waals surface area contributed by atoms with Gasteiger partial charge in [0.15, 0.2) is 5.65 Å². The Balaban J connectivity index is 1.65. The van der Waals surface area contributed by atoms with Gasteiger partial charge in [-0.3, -0.25) is 4.79 Å². The third-order valence-corrected chi connectivity index (χ3v) is 4.14. The molecule has 0 saturated heterocycles. The minimum atomic E-state index is -0.0619. The number of nitrogens with zero attached hydrogens (tertiary/aromatic N) is 5. The molecule has 0 bridgehead atoms. The SMILES string of the molecule is Cc1nn2cnnc2c(C)c1CCC(=O)Nc1ccc(CC#N)cc1. The van der Waals surface area contributed by atoms with Crippen LogP contribution in [0.4, 0.5) is 5.69 Å². The van der Waals surface area contributed by atoms with Crippen LogP contribution in [0.15, 0.2) is 30.6 Å². The van der Waals surface area contributed by atoms with E-state index in [-0.39, 0.29) is 5.91 Å². The van der Waals surface area contributed by atoms with Crippen LogP contribution >= 0.6 is 0 Å². The van der Waals surface area contributed by atoms with Gasteiger partial charge < -0.3 is 5.32 Å². The van der Waals surface area contributed by atoms with Gasteiger partial charge in [-0.05, 0) is 43.5 Å². The monoisotopic (exact) mass is 334 g/mol. The summed E-state index contributed by atoms with van der Waals surface area (Å²) < 4.78 is 1.65. The van der Waals surface area contributed by atoms with Gasteiger partial charge in [-0.25, -0.2) is 4.52 Å². The Morgan fingerprint density at radius 3 is 2.76 bits per heavy atom. The van der Waals surface area contributed by atoms with Gasteiger partial charge in [0.05, 0.1) is 18.2 Å². The van der Waals surface area contributed by atoms with Crippen molar-refractivity contribution in [2.45, 2.75) is 33.1 Å². The molecule has 7 nitrogen and oxygen atoms in total. The zero-order valence-corrected chi connectivity index (χ0v) is 14.2. The molecular weight excluding hydrogens is 316 g/mol. The van der Waals surface area contributed by atoms with Crippen molar-refractivity contribution < 1.29 is 4.79 Å². The van der Waals surface area contributed by atoms with Gasteiger partial charge in [0.25, 0.3) is 0 Å². The third kappa shape index (κ3) is 3.63. The molecule has 0 radical (unpaired) electrons. The largest absolute Gasteiger partial charge is 0.326 e. The first kappa shape index (κ1) is 16.6. The number of benzene rings is 1. The van der Waals surface area contributed by atoms with Gasteiger partial charge in [0.1, 0.15) is 6.33 Å². The molecule has 2 heterocycles. The molecule has 25 heavy (non-hydrogen) atoms. The fourth-order valence-electron chi connectivity index (χ4n) is 2.81. The molecule has 0 aliphatic heterocycles. The summed E-state index contributed by atoms with van der Waals surface area (Å²) in [5.41, 5.74) is 5.27. The van der Waals surface area contributed by atoms with E-state index in [1.807, 2.05) is 38.1 Å². The van der Waals surface area contributed by atoms with Crippen LogP contribution in [0, 0.1) is 25.2 Å². The van der Waals surface area contributed by atoms with Crippen LogP contribution in [-0.4, -0.2) is 25.7 Å². The lowest BCUT2D eigenvalue weighted by Crippen LogP contribution is -2.14. The van der Waals surface area contributed by atoms with E-state index in [1.54, 1.807) is 10.8 Å². The fourth-order valence-corrected chi connectivity index (χ4v) is 2.81. The van der Waals surface area contributed by atoms with E-state index >= 15 is 0 Å². The van der Waals surface area contributed by atoms with Crippen LogP contribution in [-0.2, 0) is 17.6 Å². The highest BCUT2D eigenvalue weighted by Gasteiger charge is 2.13. The van der Waals surface area contributed by atoms with Crippen LogP contribution in [0.3, 0.4) is 0 Å². The van der Waals surface area contributed by atoms with Crippen LogP contribution in [0.2, 0.25) is 0 Å². The number of rotatable bonds is 5. The Bertz CT molecular complexity index is 952. The summed E-state index contributed by atoms with van der Waals surface area (Å²) in [5.74, 6) is -0.0619. The number of aryl methyl sites for hydroxylation is 2. The van der Waals surface area contributed by atoms with E-state index < -0.39 is 0 Å². The van der Waals surface area contributed by atoms with Crippen molar-refractivity contribution in [1.82, 2.24) is 19.8 Å². The number of nitrogens with one attached hydrogen (secondary N) is 1. The van der Waals surface area contributed by atoms with Crippen LogP contribution in [0.5, 0.6) is 0 Å². The van der Waals surface area contributed by atoms with Gasteiger partial charge in [-0.15, -0.1) is 10.2 Å². The second-order valence-corrected chi connectivity index (χ2v) is 5.87. The Morgan fingerprint density at radius 1 is 1.28 bits per heavy atom. The Kier molecular flexibility index (Phi) is 4.70. The van der Waals surface area contributed by atoms with Gasteiger partial charge in [-0.1, -0.05) is 12.1 Å². The minimum Gasteiger partial charge on any atom is -0.326 e. The highest BCUT2D eigenvalue weighted by Crippen LogP contribution is 2.18. The molecule has 0 aliphatic rings. The number of carbonyl (C=O) groups is 1. The van der Waals surface area contributed by atoms with Crippen LogP contribution in [0.1, 0.15) is 28.8 Å². The zero-order chi connectivity index (χ0) is 17.8. The number of anilines is 1. The molecule has 7 heteroatoms. The third-order valence-electron chi connectivity index (χ3n) is 4.14. The summed E-state index contributed by atoms with van der Waals surface area (Å²) in [7, 11) is 0. The van der Waals surface area contributed by atoms with E-state index in [1.165, 1.54) is 0 Å². The molecule has 0 atom stereocenters. The molecule has 2 aromatic heterocycles. The van der Waals surface area contributed by atoms with Crippen LogP contribution < -0.4 is 5.32 Å². The average Bonchev–Trinajstić information content (AvgIpc) is 3.05. The summed E-state index contributed by atoms with van der Waals surface area (Å²) >= 11 is 0. The van der Waals surface area contributed by atoms with E-state index in [0.29, 0.717) is 24.9 Å². The smallest absolute Gasteiger partial charge is 0.224 e. The summed E-state index contributed by atoms with van der Waals surface area (Å²) in [4.78, 5) is 12.2. The summed E-state index contributed by atoms with van der Waals surface area (Å²) in [6.07, 6.45) is 2.88. The predicted molar refractivity (Wildman–Crippen MR) is 93.0 cm³/mol. The number of carbonyl (C=O) groups excluding carboxylic acids is 1. The number of aromatic nitrogens is 4. The van der Waals surface area contributed by atoms with Gasteiger partial charge >= 0.3 is 0 Å². The molecule has 1 amide bonds. The zero-order valence-electron chi connectivity index (χ0n) is 14.2. The first-order valence-electron chi connectivity index (χ1n) is 8.00. The maximum absolute atomic E-state index is 12.2. The van der Waals surface area contributed by atoms with Crippen molar-refractivity contribution in [3.63, 3.8) is 0 Å². The van der Waals surface area contributed by atoms with E-state index in [9.17, 15) is 4.79 Å². The second-order valence-electron chi connectivity index (χ2n) is 5.87. The minimum absolute atomic E-state index is 0.0619. The molecule has 0 unspecified atom stereocenters. The fraction of sp³-hybridized carbons (Fsp3) is 0.278. The lowest BCUT2D eigenvalue weighted by molar-refractivity contribution is -0.116. The summed E-state index contributed by atoms with van der Waals surface area (Å²) in [6, 6.07) is 9.41. The standard InChI is InChI=1S/C18H18N6O/c1-12-16(13(2)23-24-11-20-22-18(12)24)7-8-17(25)21-15-5-3-14(4-6-15)9-10-19/h3-6,11H,7-9H2,1-2H3,(H,21,25). The van der Waals surface area contributed by atoms with Gasteiger partial charge in [-0.2, -0.15) is 10.4 Å². The van der Waals surface area contributed by atoms with Crippen molar-refractivity contribution in [2.75, 3.05) is 5.32 Å². The van der Waals surface area contributed by atoms with E-state index in [4.69, 9.17) is 5.26 Å². The topological polar surface area (TPSA) is 96.0 Å². The van der Waals surface area contributed by atoms with Crippen molar-refractivity contribution in [3.05, 3.63) is 53.0 Å².